The van der Waals surface area contributed by atoms with Gasteiger partial charge >= 0.3 is 0 Å². The first-order chi connectivity index (χ1) is 26.7. The fourth-order valence-corrected chi connectivity index (χ4v) is 5.76. The van der Waals surface area contributed by atoms with Crippen LogP contribution in [0.3, 0.4) is 0 Å². The van der Waals surface area contributed by atoms with E-state index in [1.807, 2.05) is 18.2 Å². The topological polar surface area (TPSA) is 183 Å². The Morgan fingerprint density at radius 2 is 1.16 bits per heavy atom. The van der Waals surface area contributed by atoms with Crippen LogP contribution in [0.2, 0.25) is 0 Å². The number of unbranched alkanes of at least 4 members (excludes halogenated alkanes) is 7. The second kappa shape index (κ2) is 25.3. The lowest BCUT2D eigenvalue weighted by Gasteiger charge is -2.19. The zero-order chi connectivity index (χ0) is 39.7. The fourth-order valence-electron chi connectivity index (χ4n) is 5.76. The molecule has 5 amide bonds. The molecule has 0 bridgehead atoms. The van der Waals surface area contributed by atoms with Crippen molar-refractivity contribution in [3.63, 3.8) is 0 Å². The SMILES string of the molecule is C#CCCCC(=O)N[C@@H](Cc1ccc(C(=O)c2ccccc2)cc1)C(=O)NCCCCCCNC(=O)c1ccc(NC(=O)CCCCCCC(=O)NO)cc1. The molecule has 0 radical (unpaired) electrons. The molecule has 0 heterocycles. The van der Waals surface area contributed by atoms with Gasteiger partial charge in [-0.15, -0.1) is 12.3 Å². The molecule has 0 saturated heterocycles. The van der Waals surface area contributed by atoms with Crippen LogP contribution in [0.5, 0.6) is 0 Å². The standard InChI is InChI=1S/C43H53N5O7/c1-2-3-9-18-39(50)47-37(31-32-21-23-34(24-22-32)41(52)33-16-10-8-11-17-33)43(54)45-30-15-7-6-14-29-44-42(53)35-25-27-36(28-26-35)46-38(49)19-12-4-5-13-20-40(51)48-55/h1,8,10-11,16-17,21-28,37,55H,3-7,9,12-15,18-20,29-31H2,(H,44,53)(H,45,54)(H,46,49)(H,47,50)(H,48,51)/t37-/m0/s1. The minimum absolute atomic E-state index is 0.0918. The number of ketones is 1. The van der Waals surface area contributed by atoms with E-state index in [0.29, 0.717) is 67.6 Å². The molecule has 0 aliphatic heterocycles. The second-order valence-corrected chi connectivity index (χ2v) is 13.3. The van der Waals surface area contributed by atoms with E-state index < -0.39 is 11.9 Å². The average molecular weight is 752 g/mol. The van der Waals surface area contributed by atoms with E-state index in [0.717, 1.165) is 44.1 Å². The van der Waals surface area contributed by atoms with E-state index in [2.05, 4.69) is 27.2 Å². The molecule has 12 heteroatoms. The largest absolute Gasteiger partial charge is 0.354 e. The van der Waals surface area contributed by atoms with E-state index in [-0.39, 0.29) is 48.7 Å². The number of hydrogen-bond acceptors (Lipinski definition) is 7. The highest BCUT2D eigenvalue weighted by molar-refractivity contribution is 6.09. The van der Waals surface area contributed by atoms with Gasteiger partial charge in [-0.25, -0.2) is 5.48 Å². The molecule has 0 fully saturated rings. The molecular formula is C43H53N5O7. The summed E-state index contributed by atoms with van der Waals surface area (Å²) in [5.41, 5.74) is 4.63. The van der Waals surface area contributed by atoms with Crippen molar-refractivity contribution in [3.8, 4) is 12.3 Å². The van der Waals surface area contributed by atoms with Crippen molar-refractivity contribution in [1.82, 2.24) is 21.4 Å². The smallest absolute Gasteiger partial charge is 0.251 e. The third-order valence-corrected chi connectivity index (χ3v) is 8.87. The number of hydroxylamine groups is 1. The first-order valence-electron chi connectivity index (χ1n) is 19.0. The number of terminal acetylenes is 1. The van der Waals surface area contributed by atoms with E-state index in [4.69, 9.17) is 11.6 Å². The Bertz CT molecular complexity index is 1720. The molecule has 6 N–H and O–H groups in total. The molecule has 1 atom stereocenters. The van der Waals surface area contributed by atoms with Crippen LogP contribution in [0.1, 0.15) is 115 Å². The summed E-state index contributed by atoms with van der Waals surface area (Å²) in [7, 11) is 0. The van der Waals surface area contributed by atoms with Gasteiger partial charge in [-0.3, -0.25) is 34.0 Å². The summed E-state index contributed by atoms with van der Waals surface area (Å²) in [6, 6.07) is 22.0. The number of rotatable bonds is 25. The molecule has 0 aliphatic rings. The van der Waals surface area contributed by atoms with Crippen molar-refractivity contribution in [3.05, 3.63) is 101 Å². The van der Waals surface area contributed by atoms with Crippen molar-refractivity contribution < 1.29 is 34.0 Å². The Kier molecular flexibility index (Phi) is 20.0. The van der Waals surface area contributed by atoms with E-state index >= 15 is 0 Å². The third kappa shape index (κ3) is 17.3. The zero-order valence-electron chi connectivity index (χ0n) is 31.4. The monoisotopic (exact) mass is 751 g/mol. The van der Waals surface area contributed by atoms with Gasteiger partial charge in [-0.2, -0.15) is 0 Å². The molecular weight excluding hydrogens is 699 g/mol. The van der Waals surface area contributed by atoms with Gasteiger partial charge < -0.3 is 21.3 Å². The van der Waals surface area contributed by atoms with Crippen LogP contribution in [0.4, 0.5) is 5.69 Å². The molecule has 55 heavy (non-hydrogen) atoms. The van der Waals surface area contributed by atoms with Crippen LogP contribution in [0.25, 0.3) is 0 Å². The quantitative estimate of drug-likeness (QED) is 0.0213. The van der Waals surface area contributed by atoms with Crippen LogP contribution in [0.15, 0.2) is 78.9 Å². The summed E-state index contributed by atoms with van der Waals surface area (Å²) in [5.74, 6) is 1.15. The minimum Gasteiger partial charge on any atom is -0.354 e. The number of nitrogens with one attached hydrogen (secondary N) is 5. The van der Waals surface area contributed by atoms with Gasteiger partial charge in [0.15, 0.2) is 5.78 Å². The summed E-state index contributed by atoms with van der Waals surface area (Å²) < 4.78 is 0. The maximum atomic E-state index is 13.2. The molecule has 292 valence electrons. The number of hydrogen-bond donors (Lipinski definition) is 6. The first-order valence-corrected chi connectivity index (χ1v) is 19.0. The van der Waals surface area contributed by atoms with Gasteiger partial charge in [0.1, 0.15) is 6.04 Å². The molecule has 0 aliphatic carbocycles. The highest BCUT2D eigenvalue weighted by Gasteiger charge is 2.21. The maximum absolute atomic E-state index is 13.2. The molecule has 0 saturated carbocycles. The normalized spacial score (nSPS) is 11.1. The van der Waals surface area contributed by atoms with Crippen LogP contribution in [-0.2, 0) is 25.6 Å². The lowest BCUT2D eigenvalue weighted by Crippen LogP contribution is -2.48. The summed E-state index contributed by atoms with van der Waals surface area (Å²) in [6.45, 7) is 0.936. The number of carbonyl (C=O) groups is 6. The number of anilines is 1. The molecule has 0 unspecified atom stereocenters. The van der Waals surface area contributed by atoms with Crippen molar-refractivity contribution in [1.29, 1.82) is 0 Å². The molecule has 3 rings (SSSR count). The van der Waals surface area contributed by atoms with Gasteiger partial charge in [0.25, 0.3) is 5.91 Å². The van der Waals surface area contributed by atoms with E-state index in [1.54, 1.807) is 66.1 Å². The lowest BCUT2D eigenvalue weighted by molar-refractivity contribution is -0.129. The van der Waals surface area contributed by atoms with Crippen molar-refractivity contribution >= 4 is 41.0 Å². The van der Waals surface area contributed by atoms with Gasteiger partial charge in [-0.1, -0.05) is 80.3 Å². The first kappa shape index (κ1) is 43.6. The van der Waals surface area contributed by atoms with Gasteiger partial charge in [-0.05, 0) is 61.9 Å². The lowest BCUT2D eigenvalue weighted by atomic mass is 9.99. The van der Waals surface area contributed by atoms with Crippen molar-refractivity contribution in [2.24, 2.45) is 0 Å². The van der Waals surface area contributed by atoms with Crippen molar-refractivity contribution in [2.75, 3.05) is 18.4 Å². The molecule has 0 aromatic heterocycles. The van der Waals surface area contributed by atoms with Crippen LogP contribution in [-0.4, -0.2) is 59.7 Å². The zero-order valence-corrected chi connectivity index (χ0v) is 31.4. The summed E-state index contributed by atoms with van der Waals surface area (Å²) in [4.78, 5) is 74.4. The molecule has 3 aromatic rings. The second-order valence-electron chi connectivity index (χ2n) is 13.3. The van der Waals surface area contributed by atoms with E-state index in [9.17, 15) is 28.8 Å². The average Bonchev–Trinajstić information content (AvgIpc) is 3.20. The van der Waals surface area contributed by atoms with Gasteiger partial charge in [0.2, 0.25) is 23.6 Å². The Labute approximate surface area is 323 Å². The van der Waals surface area contributed by atoms with Crippen LogP contribution >= 0.6 is 0 Å². The number of carbonyl (C=O) groups excluding carboxylic acids is 6. The van der Waals surface area contributed by atoms with Crippen LogP contribution in [0, 0.1) is 12.3 Å². The predicted molar refractivity (Wildman–Crippen MR) is 211 cm³/mol. The number of amides is 5. The maximum Gasteiger partial charge on any atom is 0.251 e. The summed E-state index contributed by atoms with van der Waals surface area (Å²) in [5, 5.41) is 20.0. The minimum atomic E-state index is -0.786. The van der Waals surface area contributed by atoms with Crippen molar-refractivity contribution in [2.45, 2.75) is 95.9 Å². The highest BCUT2D eigenvalue weighted by Crippen LogP contribution is 2.14. The Morgan fingerprint density at radius 1 is 0.600 bits per heavy atom. The Hall–Kier alpha value is -5.80. The summed E-state index contributed by atoms with van der Waals surface area (Å²) >= 11 is 0. The predicted octanol–water partition coefficient (Wildman–Crippen LogP) is 5.64. The van der Waals surface area contributed by atoms with Crippen LogP contribution < -0.4 is 26.7 Å². The molecule has 0 spiro atoms. The third-order valence-electron chi connectivity index (χ3n) is 8.87. The Balaban J connectivity index is 1.34. The summed E-state index contributed by atoms with van der Waals surface area (Å²) in [6.07, 6.45) is 13.5. The van der Waals surface area contributed by atoms with Gasteiger partial charge in [0.05, 0.1) is 0 Å². The molecule has 12 nitrogen and oxygen atoms in total. The van der Waals surface area contributed by atoms with E-state index in [1.165, 1.54) is 0 Å². The highest BCUT2D eigenvalue weighted by atomic mass is 16.5. The fraction of sp³-hybridized carbons (Fsp3) is 0.395. The Morgan fingerprint density at radius 3 is 1.80 bits per heavy atom. The van der Waals surface area contributed by atoms with Gasteiger partial charge in [0, 0.05) is 67.6 Å². The molecule has 3 aromatic carbocycles. The number of benzene rings is 3.